The number of aryl methyl sites for hydroxylation is 1. The van der Waals surface area contributed by atoms with Crippen LogP contribution in [0.5, 0.6) is 0 Å². The summed E-state index contributed by atoms with van der Waals surface area (Å²) in [5.74, 6) is 3.02. The number of nitrogens with zero attached hydrogens (tertiary/aromatic N) is 5. The molecule has 27 heavy (non-hydrogen) atoms. The first-order valence-electron chi connectivity index (χ1n) is 9.54. The van der Waals surface area contributed by atoms with E-state index >= 15 is 0 Å². The molecule has 1 fully saturated rings. The fourth-order valence-electron chi connectivity index (χ4n) is 3.06. The van der Waals surface area contributed by atoms with Crippen molar-refractivity contribution >= 4 is 29.3 Å². The van der Waals surface area contributed by atoms with Gasteiger partial charge in [-0.1, -0.05) is 18.5 Å². The van der Waals surface area contributed by atoms with Crippen LogP contribution in [0.25, 0.3) is 0 Å². The first-order valence-corrected chi connectivity index (χ1v) is 10.9. The molecule has 0 atom stereocenters. The van der Waals surface area contributed by atoms with E-state index in [2.05, 4.69) is 44.0 Å². The van der Waals surface area contributed by atoms with Crippen LogP contribution in [0.2, 0.25) is 5.02 Å². The van der Waals surface area contributed by atoms with Gasteiger partial charge >= 0.3 is 0 Å². The van der Waals surface area contributed by atoms with Gasteiger partial charge in [0.25, 0.3) is 0 Å². The smallest absolute Gasteiger partial charge is 0.194 e. The number of aliphatic imine (C=N–C) groups is 1. The molecular weight excluding hydrogens is 380 g/mol. The van der Waals surface area contributed by atoms with Crippen LogP contribution in [0.1, 0.15) is 25.6 Å². The molecule has 0 saturated carbocycles. The Bertz CT molecular complexity index is 724. The number of hydrogen-bond acceptors (Lipinski definition) is 4. The molecule has 0 unspecified atom stereocenters. The fourth-order valence-corrected chi connectivity index (χ4v) is 3.96. The maximum absolute atomic E-state index is 5.94. The highest BCUT2D eigenvalue weighted by Gasteiger charge is 2.15. The Kier molecular flexibility index (Phi) is 7.83. The number of likely N-dealkylation sites (tertiary alicyclic amines) is 1. The van der Waals surface area contributed by atoms with Crippen LogP contribution in [0, 0.1) is 0 Å². The second-order valence-electron chi connectivity index (χ2n) is 6.42. The summed E-state index contributed by atoms with van der Waals surface area (Å²) in [6, 6.07) is 7.99. The molecule has 0 radical (unpaired) electrons. The Labute approximate surface area is 170 Å². The van der Waals surface area contributed by atoms with Gasteiger partial charge in [0.15, 0.2) is 5.96 Å². The highest BCUT2D eigenvalue weighted by Crippen LogP contribution is 2.19. The van der Waals surface area contributed by atoms with Gasteiger partial charge in [0, 0.05) is 48.3 Å². The van der Waals surface area contributed by atoms with Crippen LogP contribution < -0.4 is 5.32 Å². The van der Waals surface area contributed by atoms with E-state index in [0.717, 1.165) is 61.7 Å². The number of rotatable bonds is 8. The third-order valence-corrected chi connectivity index (χ3v) is 5.75. The van der Waals surface area contributed by atoms with Crippen molar-refractivity contribution in [1.29, 1.82) is 0 Å². The zero-order valence-electron chi connectivity index (χ0n) is 15.8. The molecule has 6 nitrogen and oxygen atoms in total. The van der Waals surface area contributed by atoms with Gasteiger partial charge in [-0.05, 0) is 37.1 Å². The lowest BCUT2D eigenvalue weighted by molar-refractivity contribution is 0.492. The molecule has 0 amide bonds. The minimum Gasteiger partial charge on any atom is -0.355 e. The largest absolute Gasteiger partial charge is 0.355 e. The van der Waals surface area contributed by atoms with Crippen LogP contribution in [0.3, 0.4) is 0 Å². The predicted molar refractivity (Wildman–Crippen MR) is 113 cm³/mol. The fraction of sp³-hybridized carbons (Fsp3) is 0.526. The summed E-state index contributed by atoms with van der Waals surface area (Å²) < 4.78 is 2.08. The van der Waals surface area contributed by atoms with E-state index in [1.807, 2.05) is 23.9 Å². The Balaban J connectivity index is 1.49. The van der Waals surface area contributed by atoms with Crippen molar-refractivity contribution in [2.24, 2.45) is 4.99 Å². The van der Waals surface area contributed by atoms with E-state index in [1.165, 1.54) is 17.7 Å². The van der Waals surface area contributed by atoms with Gasteiger partial charge in [-0.15, -0.1) is 22.0 Å². The van der Waals surface area contributed by atoms with E-state index in [-0.39, 0.29) is 0 Å². The van der Waals surface area contributed by atoms with Gasteiger partial charge in [0.1, 0.15) is 12.2 Å². The van der Waals surface area contributed by atoms with Gasteiger partial charge in [0.05, 0.1) is 6.54 Å². The quantitative estimate of drug-likeness (QED) is 0.315. The molecule has 1 aromatic heterocycles. The highest BCUT2D eigenvalue weighted by atomic mass is 35.5. The van der Waals surface area contributed by atoms with Crippen molar-refractivity contribution < 1.29 is 0 Å². The molecular formula is C19H27ClN6S. The Hall–Kier alpha value is -1.73. The monoisotopic (exact) mass is 406 g/mol. The van der Waals surface area contributed by atoms with Gasteiger partial charge in [-0.25, -0.2) is 0 Å². The summed E-state index contributed by atoms with van der Waals surface area (Å²) >= 11 is 7.76. The van der Waals surface area contributed by atoms with E-state index < -0.39 is 0 Å². The summed E-state index contributed by atoms with van der Waals surface area (Å²) in [4.78, 5) is 8.44. The standard InChI is InChI=1S/C19H27ClN6S/c1-2-18-24-23-15-26(18)13-9-21-19(25-11-3-4-12-25)22-10-14-27-17-7-5-16(20)6-8-17/h5-8,15H,2-4,9-14H2,1H3,(H,21,22). The van der Waals surface area contributed by atoms with Gasteiger partial charge in [-0.2, -0.15) is 0 Å². The molecule has 1 aromatic carbocycles. The molecule has 2 aromatic rings. The number of guanidine groups is 1. The zero-order chi connectivity index (χ0) is 18.9. The Morgan fingerprint density at radius 3 is 2.78 bits per heavy atom. The Morgan fingerprint density at radius 2 is 2.04 bits per heavy atom. The lowest BCUT2D eigenvalue weighted by Crippen LogP contribution is -2.40. The van der Waals surface area contributed by atoms with Crippen molar-refractivity contribution in [3.8, 4) is 0 Å². The van der Waals surface area contributed by atoms with Crippen LogP contribution in [-0.2, 0) is 13.0 Å². The average molecular weight is 407 g/mol. The minimum absolute atomic E-state index is 0.730. The second kappa shape index (κ2) is 10.6. The van der Waals surface area contributed by atoms with Crippen LogP contribution in [-0.4, -0.2) is 57.6 Å². The zero-order valence-corrected chi connectivity index (χ0v) is 17.3. The molecule has 0 aliphatic carbocycles. The average Bonchev–Trinajstić information content (AvgIpc) is 3.37. The molecule has 8 heteroatoms. The SMILES string of the molecule is CCc1nncn1CCN=C(NCCSc1ccc(Cl)cc1)N1CCCC1. The maximum atomic E-state index is 5.94. The number of hydrogen-bond donors (Lipinski definition) is 1. The summed E-state index contributed by atoms with van der Waals surface area (Å²) in [5.41, 5.74) is 0. The first kappa shape index (κ1) is 20.0. The third kappa shape index (κ3) is 6.14. The third-order valence-electron chi connectivity index (χ3n) is 4.49. The molecule has 2 heterocycles. The first-order chi connectivity index (χ1) is 13.3. The minimum atomic E-state index is 0.730. The molecule has 1 aliphatic rings. The number of halogens is 1. The van der Waals surface area contributed by atoms with Crippen molar-refractivity contribution in [3.05, 3.63) is 41.4 Å². The van der Waals surface area contributed by atoms with Crippen molar-refractivity contribution in [2.75, 3.05) is 31.9 Å². The highest BCUT2D eigenvalue weighted by molar-refractivity contribution is 7.99. The van der Waals surface area contributed by atoms with Crippen LogP contribution in [0.4, 0.5) is 0 Å². The van der Waals surface area contributed by atoms with Gasteiger partial charge in [0.2, 0.25) is 0 Å². The summed E-state index contributed by atoms with van der Waals surface area (Å²) in [7, 11) is 0. The summed E-state index contributed by atoms with van der Waals surface area (Å²) in [6.07, 6.45) is 5.17. The van der Waals surface area contributed by atoms with E-state index in [4.69, 9.17) is 16.6 Å². The predicted octanol–water partition coefficient (Wildman–Crippen LogP) is 3.33. The molecule has 3 rings (SSSR count). The molecule has 1 aliphatic heterocycles. The van der Waals surface area contributed by atoms with Crippen LogP contribution in [0.15, 0.2) is 40.5 Å². The van der Waals surface area contributed by atoms with Crippen molar-refractivity contribution in [1.82, 2.24) is 25.0 Å². The van der Waals surface area contributed by atoms with Gasteiger partial charge in [-0.3, -0.25) is 4.99 Å². The topological polar surface area (TPSA) is 58.3 Å². The van der Waals surface area contributed by atoms with Gasteiger partial charge < -0.3 is 14.8 Å². The summed E-state index contributed by atoms with van der Waals surface area (Å²) in [6.45, 7) is 6.70. The van der Waals surface area contributed by atoms with E-state index in [0.29, 0.717) is 0 Å². The molecule has 1 N–H and O–H groups in total. The van der Waals surface area contributed by atoms with E-state index in [9.17, 15) is 0 Å². The number of benzene rings is 1. The molecule has 0 bridgehead atoms. The number of aromatic nitrogens is 3. The molecule has 0 spiro atoms. The lowest BCUT2D eigenvalue weighted by Gasteiger charge is -2.21. The van der Waals surface area contributed by atoms with Crippen LogP contribution >= 0.6 is 23.4 Å². The molecule has 1 saturated heterocycles. The van der Waals surface area contributed by atoms with Crippen molar-refractivity contribution in [3.63, 3.8) is 0 Å². The number of nitrogens with one attached hydrogen (secondary N) is 1. The maximum Gasteiger partial charge on any atom is 0.194 e. The Morgan fingerprint density at radius 1 is 1.26 bits per heavy atom. The number of thioether (sulfide) groups is 1. The normalized spacial score (nSPS) is 14.7. The summed E-state index contributed by atoms with van der Waals surface area (Å²) in [5, 5.41) is 12.4. The molecule has 146 valence electrons. The van der Waals surface area contributed by atoms with Crippen molar-refractivity contribution in [2.45, 2.75) is 37.6 Å². The second-order valence-corrected chi connectivity index (χ2v) is 8.03. The van der Waals surface area contributed by atoms with E-state index in [1.54, 1.807) is 6.33 Å². The lowest BCUT2D eigenvalue weighted by atomic mass is 10.4.